The first-order chi connectivity index (χ1) is 11.4. The van der Waals surface area contributed by atoms with E-state index in [4.69, 9.17) is 14.5 Å². The first-order valence-corrected chi connectivity index (χ1v) is 8.68. The predicted molar refractivity (Wildman–Crippen MR) is 92.2 cm³/mol. The van der Waals surface area contributed by atoms with Crippen LogP contribution >= 0.6 is 0 Å². The van der Waals surface area contributed by atoms with Gasteiger partial charge in [0.2, 0.25) is 0 Å². The molecular weight excluding hydrogens is 290 g/mol. The molecule has 0 bridgehead atoms. The Labute approximate surface area is 138 Å². The molecule has 2 aliphatic heterocycles. The van der Waals surface area contributed by atoms with Crippen molar-refractivity contribution in [2.45, 2.75) is 25.7 Å². The number of nitrogens with one attached hydrogen (secondary N) is 2. The molecule has 23 heavy (non-hydrogen) atoms. The molecule has 2 aliphatic rings. The summed E-state index contributed by atoms with van der Waals surface area (Å²) in [6, 6.07) is 8.34. The Bertz CT molecular complexity index is 527. The molecule has 3 rings (SSSR count). The Morgan fingerprint density at radius 3 is 2.96 bits per heavy atom. The van der Waals surface area contributed by atoms with Gasteiger partial charge in [0.05, 0.1) is 13.2 Å². The highest BCUT2D eigenvalue weighted by Gasteiger charge is 2.21. The molecule has 1 aromatic carbocycles. The second kappa shape index (κ2) is 8.20. The lowest BCUT2D eigenvalue weighted by Crippen LogP contribution is -2.40. The van der Waals surface area contributed by atoms with Crippen molar-refractivity contribution < 1.29 is 9.47 Å². The van der Waals surface area contributed by atoms with Gasteiger partial charge in [-0.3, -0.25) is 4.99 Å². The minimum absolute atomic E-state index is 0.471. The zero-order valence-electron chi connectivity index (χ0n) is 13.9. The number of ether oxygens (including phenoxy) is 2. The number of para-hydroxylation sites is 1. The number of hydrogen-bond donors (Lipinski definition) is 2. The van der Waals surface area contributed by atoms with Crippen molar-refractivity contribution >= 4 is 5.96 Å². The van der Waals surface area contributed by atoms with Crippen LogP contribution in [-0.2, 0) is 4.74 Å². The minimum atomic E-state index is 0.471. The van der Waals surface area contributed by atoms with E-state index in [1.54, 1.807) is 0 Å². The van der Waals surface area contributed by atoms with E-state index >= 15 is 0 Å². The second-order valence-electron chi connectivity index (χ2n) is 6.20. The van der Waals surface area contributed by atoms with E-state index in [1.165, 1.54) is 5.56 Å². The van der Waals surface area contributed by atoms with Gasteiger partial charge in [0, 0.05) is 38.1 Å². The summed E-state index contributed by atoms with van der Waals surface area (Å²) in [5.74, 6) is 2.96. The summed E-state index contributed by atoms with van der Waals surface area (Å²) in [5.41, 5.74) is 1.30. The van der Waals surface area contributed by atoms with Gasteiger partial charge in [-0.1, -0.05) is 18.2 Å². The van der Waals surface area contributed by atoms with Gasteiger partial charge in [-0.05, 0) is 31.4 Å². The van der Waals surface area contributed by atoms with Gasteiger partial charge in [-0.2, -0.15) is 0 Å². The Morgan fingerprint density at radius 2 is 2.13 bits per heavy atom. The fraction of sp³-hybridized carbons (Fsp3) is 0.611. The van der Waals surface area contributed by atoms with Crippen molar-refractivity contribution in [1.82, 2.24) is 10.6 Å². The zero-order chi connectivity index (χ0) is 15.9. The lowest BCUT2D eigenvalue weighted by atomic mass is 9.93. The molecule has 1 saturated heterocycles. The Balaban J connectivity index is 1.57. The van der Waals surface area contributed by atoms with Crippen molar-refractivity contribution in [1.29, 1.82) is 0 Å². The highest BCUT2D eigenvalue weighted by Crippen LogP contribution is 2.32. The van der Waals surface area contributed by atoms with Crippen molar-refractivity contribution in [2.75, 3.05) is 39.5 Å². The van der Waals surface area contributed by atoms with Gasteiger partial charge in [0.1, 0.15) is 5.75 Å². The van der Waals surface area contributed by atoms with E-state index in [0.29, 0.717) is 11.8 Å². The number of rotatable bonds is 5. The highest BCUT2D eigenvalue weighted by molar-refractivity contribution is 5.79. The van der Waals surface area contributed by atoms with Gasteiger partial charge in [0.15, 0.2) is 5.96 Å². The summed E-state index contributed by atoms with van der Waals surface area (Å²) in [6.07, 6.45) is 2.16. The molecule has 1 aromatic rings. The van der Waals surface area contributed by atoms with Crippen LogP contribution < -0.4 is 15.4 Å². The van der Waals surface area contributed by atoms with Crippen LogP contribution in [0.25, 0.3) is 0 Å². The average Bonchev–Trinajstić information content (AvgIpc) is 3.11. The third kappa shape index (κ3) is 4.38. The normalized spacial score (nSPS) is 24.0. The van der Waals surface area contributed by atoms with E-state index in [2.05, 4.69) is 35.8 Å². The van der Waals surface area contributed by atoms with E-state index in [1.807, 2.05) is 6.07 Å². The summed E-state index contributed by atoms with van der Waals surface area (Å²) in [5, 5.41) is 6.83. The van der Waals surface area contributed by atoms with Crippen LogP contribution in [0, 0.1) is 5.92 Å². The number of nitrogens with zero attached hydrogens (tertiary/aromatic N) is 1. The van der Waals surface area contributed by atoms with Crippen molar-refractivity contribution in [3.63, 3.8) is 0 Å². The number of fused-ring (bicyclic) bond motifs is 1. The highest BCUT2D eigenvalue weighted by atomic mass is 16.5. The number of hydrogen-bond acceptors (Lipinski definition) is 3. The lowest BCUT2D eigenvalue weighted by Gasteiger charge is -2.26. The van der Waals surface area contributed by atoms with Gasteiger partial charge in [0.25, 0.3) is 0 Å². The first-order valence-electron chi connectivity index (χ1n) is 8.68. The van der Waals surface area contributed by atoms with Crippen LogP contribution in [0.4, 0.5) is 0 Å². The maximum absolute atomic E-state index is 5.74. The van der Waals surface area contributed by atoms with E-state index in [-0.39, 0.29) is 0 Å². The molecule has 2 heterocycles. The largest absolute Gasteiger partial charge is 0.493 e. The standard InChI is InChI=1S/C18H27N3O2/c1-2-19-18(20-11-14-7-9-22-13-14)21-12-15-8-10-23-17-6-4-3-5-16(15)17/h3-6,14-15H,2,7-13H2,1H3,(H2,19,20,21). The van der Waals surface area contributed by atoms with Gasteiger partial charge >= 0.3 is 0 Å². The lowest BCUT2D eigenvalue weighted by molar-refractivity contribution is 0.187. The van der Waals surface area contributed by atoms with Crippen molar-refractivity contribution in [3.8, 4) is 5.75 Å². The topological polar surface area (TPSA) is 54.9 Å². The SMILES string of the molecule is CCNC(=NCC1CCOC1)NCC1CCOc2ccccc21. The molecule has 1 fully saturated rings. The third-order valence-electron chi connectivity index (χ3n) is 4.47. The van der Waals surface area contributed by atoms with Gasteiger partial charge in [-0.25, -0.2) is 0 Å². The van der Waals surface area contributed by atoms with Crippen LogP contribution in [0.15, 0.2) is 29.3 Å². The maximum atomic E-state index is 5.74. The predicted octanol–water partition coefficient (Wildman–Crippen LogP) is 2.14. The molecule has 0 aromatic heterocycles. The molecule has 0 saturated carbocycles. The molecule has 2 atom stereocenters. The second-order valence-corrected chi connectivity index (χ2v) is 6.20. The number of guanidine groups is 1. The van der Waals surface area contributed by atoms with E-state index in [0.717, 1.165) is 64.0 Å². The zero-order valence-corrected chi connectivity index (χ0v) is 13.9. The van der Waals surface area contributed by atoms with E-state index in [9.17, 15) is 0 Å². The first kappa shape index (κ1) is 16.1. The van der Waals surface area contributed by atoms with Gasteiger partial charge < -0.3 is 20.1 Å². The van der Waals surface area contributed by atoms with E-state index < -0.39 is 0 Å². The summed E-state index contributed by atoms with van der Waals surface area (Å²) < 4.78 is 11.2. The fourth-order valence-corrected chi connectivity index (χ4v) is 3.14. The fourth-order valence-electron chi connectivity index (χ4n) is 3.14. The van der Waals surface area contributed by atoms with Crippen LogP contribution in [0.5, 0.6) is 5.75 Å². The van der Waals surface area contributed by atoms with Gasteiger partial charge in [-0.15, -0.1) is 0 Å². The molecule has 0 aliphatic carbocycles. The molecule has 2 unspecified atom stereocenters. The molecule has 2 N–H and O–H groups in total. The average molecular weight is 317 g/mol. The Morgan fingerprint density at radius 1 is 1.22 bits per heavy atom. The summed E-state index contributed by atoms with van der Waals surface area (Å²) in [4.78, 5) is 4.72. The molecule has 5 heteroatoms. The minimum Gasteiger partial charge on any atom is -0.493 e. The van der Waals surface area contributed by atoms with Crippen LogP contribution in [0.1, 0.15) is 31.2 Å². The van der Waals surface area contributed by atoms with Crippen molar-refractivity contribution in [2.24, 2.45) is 10.9 Å². The number of benzene rings is 1. The van der Waals surface area contributed by atoms with Crippen LogP contribution in [0.3, 0.4) is 0 Å². The summed E-state index contributed by atoms with van der Waals surface area (Å²) in [7, 11) is 0. The van der Waals surface area contributed by atoms with Crippen LogP contribution in [0.2, 0.25) is 0 Å². The quantitative estimate of drug-likeness (QED) is 0.645. The molecule has 126 valence electrons. The molecule has 0 radical (unpaired) electrons. The van der Waals surface area contributed by atoms with Crippen LogP contribution in [-0.4, -0.2) is 45.4 Å². The third-order valence-corrected chi connectivity index (χ3v) is 4.47. The van der Waals surface area contributed by atoms with Crippen molar-refractivity contribution in [3.05, 3.63) is 29.8 Å². The summed E-state index contributed by atoms with van der Waals surface area (Å²) >= 11 is 0. The smallest absolute Gasteiger partial charge is 0.191 e. The monoisotopic (exact) mass is 317 g/mol. The maximum Gasteiger partial charge on any atom is 0.191 e. The molecule has 0 spiro atoms. The molecule has 0 amide bonds. The molecule has 5 nitrogen and oxygen atoms in total. The Hall–Kier alpha value is -1.75. The molecular formula is C18H27N3O2. The Kier molecular flexibility index (Phi) is 5.75. The summed E-state index contributed by atoms with van der Waals surface area (Å²) in [6.45, 7) is 7.19. The number of aliphatic imine (C=N–C) groups is 1.